The monoisotopic (exact) mass is 411 g/mol. The van der Waals surface area contributed by atoms with Crippen LogP contribution in [-0.2, 0) is 10.0 Å². The van der Waals surface area contributed by atoms with Crippen molar-refractivity contribution in [2.24, 2.45) is 5.92 Å². The topological polar surface area (TPSA) is 37.4 Å². The summed E-state index contributed by atoms with van der Waals surface area (Å²) in [6.07, 6.45) is 0.835. The molecular weight excluding hydrogens is 394 g/mol. The first-order valence-corrected chi connectivity index (χ1v) is 9.12. The van der Waals surface area contributed by atoms with Crippen LogP contribution in [0.1, 0.15) is 27.2 Å². The van der Waals surface area contributed by atoms with E-state index < -0.39 is 10.0 Å². The van der Waals surface area contributed by atoms with Crippen LogP contribution in [0.3, 0.4) is 0 Å². The SMILES string of the molecule is CC(C)CC(C)N(C)S(=O)(=O)c1cc(Br)ccc1Br. The van der Waals surface area contributed by atoms with Gasteiger partial charge in [0.15, 0.2) is 0 Å². The van der Waals surface area contributed by atoms with Gasteiger partial charge in [-0.3, -0.25) is 0 Å². The fourth-order valence-electron chi connectivity index (χ4n) is 1.90. The van der Waals surface area contributed by atoms with Crippen LogP contribution >= 0.6 is 31.9 Å². The Hall–Kier alpha value is 0.0900. The summed E-state index contributed by atoms with van der Waals surface area (Å²) < 4.78 is 28.0. The molecule has 19 heavy (non-hydrogen) atoms. The molecular formula is C13H19Br2NO2S. The van der Waals surface area contributed by atoms with Gasteiger partial charge in [0.25, 0.3) is 0 Å². The van der Waals surface area contributed by atoms with Crippen molar-refractivity contribution >= 4 is 41.9 Å². The fourth-order valence-corrected chi connectivity index (χ4v) is 4.73. The highest BCUT2D eigenvalue weighted by atomic mass is 79.9. The van der Waals surface area contributed by atoms with Crippen molar-refractivity contribution in [2.75, 3.05) is 7.05 Å². The predicted molar refractivity (Wildman–Crippen MR) is 85.7 cm³/mol. The molecule has 0 saturated heterocycles. The van der Waals surface area contributed by atoms with Crippen molar-refractivity contribution in [2.45, 2.75) is 38.1 Å². The minimum absolute atomic E-state index is 0.0316. The summed E-state index contributed by atoms with van der Waals surface area (Å²) in [5, 5.41) is 0. The summed E-state index contributed by atoms with van der Waals surface area (Å²) in [4.78, 5) is 0.292. The fraction of sp³-hybridized carbons (Fsp3) is 0.538. The van der Waals surface area contributed by atoms with Gasteiger partial charge < -0.3 is 0 Å². The summed E-state index contributed by atoms with van der Waals surface area (Å²) in [6, 6.07) is 5.13. The Kier molecular flexibility index (Phi) is 6.04. The van der Waals surface area contributed by atoms with Gasteiger partial charge in [0.1, 0.15) is 0 Å². The molecule has 0 N–H and O–H groups in total. The van der Waals surface area contributed by atoms with Crippen molar-refractivity contribution in [3.05, 3.63) is 27.1 Å². The first-order chi connectivity index (χ1) is 8.66. The number of halogens is 2. The van der Waals surface area contributed by atoms with E-state index in [1.165, 1.54) is 4.31 Å². The van der Waals surface area contributed by atoms with Crippen LogP contribution in [0.2, 0.25) is 0 Å². The average molecular weight is 413 g/mol. The first-order valence-electron chi connectivity index (χ1n) is 6.09. The van der Waals surface area contributed by atoms with Gasteiger partial charge in [0.2, 0.25) is 10.0 Å². The summed E-state index contributed by atoms with van der Waals surface area (Å²) in [7, 11) is -1.85. The van der Waals surface area contributed by atoms with Crippen LogP contribution in [-0.4, -0.2) is 25.8 Å². The maximum atomic E-state index is 12.6. The van der Waals surface area contributed by atoms with Crippen LogP contribution < -0.4 is 0 Å². The molecule has 1 aromatic rings. The largest absolute Gasteiger partial charge is 0.244 e. The lowest BCUT2D eigenvalue weighted by molar-refractivity contribution is 0.337. The van der Waals surface area contributed by atoms with Crippen LogP contribution in [0.25, 0.3) is 0 Å². The van der Waals surface area contributed by atoms with Crippen LogP contribution in [0.4, 0.5) is 0 Å². The third kappa shape index (κ3) is 4.28. The predicted octanol–water partition coefficient (Wildman–Crippen LogP) is 4.27. The van der Waals surface area contributed by atoms with Crippen molar-refractivity contribution in [3.8, 4) is 0 Å². The molecule has 0 aliphatic carbocycles. The van der Waals surface area contributed by atoms with Gasteiger partial charge in [-0.25, -0.2) is 8.42 Å². The molecule has 0 heterocycles. The van der Waals surface area contributed by atoms with Crippen molar-refractivity contribution in [1.29, 1.82) is 0 Å². The molecule has 0 radical (unpaired) electrons. The molecule has 6 heteroatoms. The quantitative estimate of drug-likeness (QED) is 0.724. The van der Waals surface area contributed by atoms with Crippen LogP contribution in [0.5, 0.6) is 0 Å². The molecule has 0 saturated carbocycles. The van der Waals surface area contributed by atoms with E-state index in [0.717, 1.165) is 10.9 Å². The van der Waals surface area contributed by atoms with E-state index in [0.29, 0.717) is 15.3 Å². The Morgan fingerprint density at radius 1 is 1.21 bits per heavy atom. The zero-order valence-electron chi connectivity index (χ0n) is 11.5. The van der Waals surface area contributed by atoms with E-state index in [9.17, 15) is 8.42 Å². The Morgan fingerprint density at radius 2 is 1.79 bits per heavy atom. The zero-order valence-corrected chi connectivity index (χ0v) is 15.5. The number of hydrogen-bond donors (Lipinski definition) is 0. The van der Waals surface area contributed by atoms with E-state index >= 15 is 0 Å². The molecule has 0 aliphatic heterocycles. The summed E-state index contributed by atoms with van der Waals surface area (Å²) in [5.41, 5.74) is 0. The average Bonchev–Trinajstić information content (AvgIpc) is 2.30. The molecule has 0 bridgehead atoms. The van der Waals surface area contributed by atoms with E-state index in [1.807, 2.05) is 6.92 Å². The summed E-state index contributed by atoms with van der Waals surface area (Å²) >= 11 is 6.62. The second kappa shape index (κ2) is 6.70. The number of hydrogen-bond acceptors (Lipinski definition) is 2. The molecule has 0 fully saturated rings. The van der Waals surface area contributed by atoms with E-state index in [2.05, 4.69) is 45.7 Å². The smallest absolute Gasteiger partial charge is 0.207 e. The Balaban J connectivity index is 3.13. The highest BCUT2D eigenvalue weighted by molar-refractivity contribution is 9.11. The lowest BCUT2D eigenvalue weighted by Crippen LogP contribution is -2.36. The first kappa shape index (κ1) is 17.1. The van der Waals surface area contributed by atoms with Crippen molar-refractivity contribution in [1.82, 2.24) is 4.31 Å². The van der Waals surface area contributed by atoms with Crippen molar-refractivity contribution in [3.63, 3.8) is 0 Å². The minimum atomic E-state index is -3.48. The zero-order chi connectivity index (χ0) is 14.8. The molecule has 1 aromatic carbocycles. The van der Waals surface area contributed by atoms with Gasteiger partial charge in [0, 0.05) is 22.0 Å². The third-order valence-electron chi connectivity index (χ3n) is 2.98. The van der Waals surface area contributed by atoms with Gasteiger partial charge in [-0.1, -0.05) is 29.8 Å². The Labute approximate surface area is 132 Å². The Morgan fingerprint density at radius 3 is 2.32 bits per heavy atom. The third-order valence-corrected chi connectivity index (χ3v) is 6.44. The van der Waals surface area contributed by atoms with Gasteiger partial charge in [-0.2, -0.15) is 4.31 Å². The molecule has 3 nitrogen and oxygen atoms in total. The molecule has 0 aliphatic rings. The normalized spacial score (nSPS) is 14.1. The lowest BCUT2D eigenvalue weighted by Gasteiger charge is -2.26. The number of benzene rings is 1. The second-order valence-corrected chi connectivity index (χ2v) is 8.81. The molecule has 0 spiro atoms. The van der Waals surface area contributed by atoms with Gasteiger partial charge in [-0.15, -0.1) is 0 Å². The van der Waals surface area contributed by atoms with E-state index in [4.69, 9.17) is 0 Å². The number of rotatable bonds is 5. The standard InChI is InChI=1S/C13H19Br2NO2S/c1-9(2)7-10(3)16(4)19(17,18)13-8-11(14)5-6-12(13)15/h5-6,8-10H,7H2,1-4H3. The van der Waals surface area contributed by atoms with Crippen LogP contribution in [0.15, 0.2) is 32.0 Å². The molecule has 0 aromatic heterocycles. The highest BCUT2D eigenvalue weighted by Gasteiger charge is 2.27. The van der Waals surface area contributed by atoms with Gasteiger partial charge in [0.05, 0.1) is 4.90 Å². The Bertz CT molecular complexity index is 544. The van der Waals surface area contributed by atoms with Crippen molar-refractivity contribution < 1.29 is 8.42 Å². The van der Waals surface area contributed by atoms with E-state index in [1.54, 1.807) is 25.2 Å². The molecule has 1 unspecified atom stereocenters. The van der Waals surface area contributed by atoms with Gasteiger partial charge in [-0.05, 0) is 53.4 Å². The van der Waals surface area contributed by atoms with Gasteiger partial charge >= 0.3 is 0 Å². The summed E-state index contributed by atoms with van der Waals surface area (Å²) in [5.74, 6) is 0.457. The van der Waals surface area contributed by atoms with Crippen LogP contribution in [0, 0.1) is 5.92 Å². The molecule has 1 atom stereocenters. The number of nitrogens with zero attached hydrogens (tertiary/aromatic N) is 1. The summed E-state index contributed by atoms with van der Waals surface area (Å²) in [6.45, 7) is 6.11. The molecule has 0 amide bonds. The number of sulfonamides is 1. The lowest BCUT2D eigenvalue weighted by atomic mass is 10.1. The molecule has 1 rings (SSSR count). The molecule has 108 valence electrons. The maximum Gasteiger partial charge on any atom is 0.244 e. The maximum absolute atomic E-state index is 12.6. The highest BCUT2D eigenvalue weighted by Crippen LogP contribution is 2.29. The minimum Gasteiger partial charge on any atom is -0.207 e. The second-order valence-electron chi connectivity index (χ2n) is 5.07. The van der Waals surface area contributed by atoms with E-state index in [-0.39, 0.29) is 6.04 Å².